The van der Waals surface area contributed by atoms with Gasteiger partial charge < -0.3 is 9.47 Å². The molecule has 1 rings (SSSR count). The molecule has 1 saturated heterocycles. The third-order valence-corrected chi connectivity index (χ3v) is 2.03. The van der Waals surface area contributed by atoms with Gasteiger partial charge in [0.25, 0.3) is 0 Å². The summed E-state index contributed by atoms with van der Waals surface area (Å²) >= 11 is 0. The zero-order valence-electron chi connectivity index (χ0n) is 7.94. The molecule has 0 aliphatic carbocycles. The Kier molecular flexibility index (Phi) is 2.75. The average molecular weight is 187 g/mol. The van der Waals surface area contributed by atoms with Crippen molar-refractivity contribution in [2.24, 2.45) is 0 Å². The summed E-state index contributed by atoms with van der Waals surface area (Å²) in [6.07, 6.45) is -0.453. The average Bonchev–Trinajstić information content (AvgIpc) is 2.76. The van der Waals surface area contributed by atoms with Crippen LogP contribution in [-0.2, 0) is 14.3 Å². The molecule has 1 aliphatic heterocycles. The number of hydrogen-bond donors (Lipinski definition) is 0. The van der Waals surface area contributed by atoms with Gasteiger partial charge in [0, 0.05) is 0 Å². The van der Waals surface area contributed by atoms with Gasteiger partial charge in [-0.05, 0) is 13.8 Å². The van der Waals surface area contributed by atoms with Crippen molar-refractivity contribution in [1.29, 1.82) is 0 Å². The van der Waals surface area contributed by atoms with Gasteiger partial charge in [-0.3, -0.25) is 4.90 Å². The van der Waals surface area contributed by atoms with Gasteiger partial charge in [0.05, 0.1) is 19.8 Å². The number of ether oxygens (including phenoxy) is 2. The molecule has 0 unspecified atom stereocenters. The molecule has 1 fully saturated rings. The molecule has 1 amide bonds. The predicted octanol–water partition coefficient (Wildman–Crippen LogP) is 0.389. The summed E-state index contributed by atoms with van der Waals surface area (Å²) < 4.78 is 9.26. The first-order valence-electron chi connectivity index (χ1n) is 4.16. The van der Waals surface area contributed by atoms with E-state index >= 15 is 0 Å². The number of amides is 1. The zero-order valence-corrected chi connectivity index (χ0v) is 7.94. The van der Waals surface area contributed by atoms with Crippen molar-refractivity contribution in [3.63, 3.8) is 0 Å². The highest BCUT2D eigenvalue weighted by molar-refractivity contribution is 5.87. The monoisotopic (exact) mass is 187 g/mol. The van der Waals surface area contributed by atoms with E-state index in [1.54, 1.807) is 13.8 Å². The fraction of sp³-hybridized carbons (Fsp3) is 0.750. The van der Waals surface area contributed by atoms with E-state index in [0.717, 1.165) is 0 Å². The second kappa shape index (κ2) is 3.64. The van der Waals surface area contributed by atoms with Crippen molar-refractivity contribution in [1.82, 2.24) is 4.90 Å². The molecule has 0 aromatic heterocycles. The number of nitrogens with zero attached hydrogens (tertiary/aromatic N) is 1. The Morgan fingerprint density at radius 2 is 2.08 bits per heavy atom. The van der Waals surface area contributed by atoms with Crippen molar-refractivity contribution in [2.45, 2.75) is 25.9 Å². The number of rotatable bonds is 2. The molecule has 5 nitrogen and oxygen atoms in total. The lowest BCUT2D eigenvalue weighted by Gasteiger charge is -2.02. The van der Waals surface area contributed by atoms with Gasteiger partial charge in [0.2, 0.25) is 0 Å². The molecular weight excluding hydrogens is 174 g/mol. The third-order valence-electron chi connectivity index (χ3n) is 2.03. The molecule has 0 radical (unpaired) electrons. The van der Waals surface area contributed by atoms with Crippen molar-refractivity contribution in [2.75, 3.05) is 13.7 Å². The van der Waals surface area contributed by atoms with Crippen LogP contribution < -0.4 is 0 Å². The number of methoxy groups -OCH3 is 1. The maximum atomic E-state index is 11.1. The van der Waals surface area contributed by atoms with E-state index in [0.29, 0.717) is 6.61 Å². The van der Waals surface area contributed by atoms with Crippen LogP contribution in [0.15, 0.2) is 0 Å². The van der Waals surface area contributed by atoms with Crippen molar-refractivity contribution in [3.05, 3.63) is 0 Å². The Morgan fingerprint density at radius 3 is 2.54 bits per heavy atom. The SMILES string of the molecule is CCOC(=O)N1[C@@H](C)[C@@H]1C(=O)OC. The fourth-order valence-electron chi connectivity index (χ4n) is 1.26. The minimum Gasteiger partial charge on any atom is -0.467 e. The molecule has 5 heteroatoms. The van der Waals surface area contributed by atoms with Crippen LogP contribution in [0.5, 0.6) is 0 Å². The van der Waals surface area contributed by atoms with Crippen LogP contribution in [0, 0.1) is 0 Å². The Hall–Kier alpha value is -1.26. The van der Waals surface area contributed by atoms with E-state index in [-0.39, 0.29) is 12.0 Å². The van der Waals surface area contributed by atoms with Gasteiger partial charge in [0.1, 0.15) is 0 Å². The van der Waals surface area contributed by atoms with Crippen molar-refractivity contribution < 1.29 is 19.1 Å². The van der Waals surface area contributed by atoms with Crippen LogP contribution >= 0.6 is 0 Å². The molecule has 13 heavy (non-hydrogen) atoms. The van der Waals surface area contributed by atoms with Gasteiger partial charge in [-0.1, -0.05) is 0 Å². The summed E-state index contributed by atoms with van der Waals surface area (Å²) in [6, 6.07) is -0.560. The first kappa shape index (κ1) is 9.83. The third kappa shape index (κ3) is 1.74. The number of esters is 1. The van der Waals surface area contributed by atoms with Crippen LogP contribution in [-0.4, -0.2) is 42.8 Å². The van der Waals surface area contributed by atoms with Crippen LogP contribution in [0.2, 0.25) is 0 Å². The summed E-state index contributed by atoms with van der Waals surface area (Å²) in [4.78, 5) is 23.5. The Bertz CT molecular complexity index is 228. The van der Waals surface area contributed by atoms with Gasteiger partial charge in [-0.25, -0.2) is 9.59 Å². The normalized spacial score (nSPS) is 25.3. The molecule has 74 valence electrons. The van der Waals surface area contributed by atoms with E-state index in [1.165, 1.54) is 12.0 Å². The number of carbonyl (C=O) groups is 2. The molecule has 0 bridgehead atoms. The van der Waals surface area contributed by atoms with Gasteiger partial charge >= 0.3 is 12.1 Å². The topological polar surface area (TPSA) is 55.6 Å². The maximum Gasteiger partial charge on any atom is 0.410 e. The van der Waals surface area contributed by atoms with Crippen LogP contribution in [0.3, 0.4) is 0 Å². The number of carbonyl (C=O) groups excluding carboxylic acids is 2. The highest BCUT2D eigenvalue weighted by Crippen LogP contribution is 2.29. The first-order valence-corrected chi connectivity index (χ1v) is 4.16. The van der Waals surface area contributed by atoms with Crippen molar-refractivity contribution >= 4 is 12.1 Å². The standard InChI is InChI=1S/C8H13NO4/c1-4-13-8(11)9-5(2)6(9)7(10)12-3/h5-6H,4H2,1-3H3/t5-,6+,9?/m0/s1. The highest BCUT2D eigenvalue weighted by Gasteiger charge is 2.54. The van der Waals surface area contributed by atoms with E-state index in [2.05, 4.69) is 4.74 Å². The summed E-state index contributed by atoms with van der Waals surface area (Å²) in [6.45, 7) is 3.81. The van der Waals surface area contributed by atoms with Crippen LogP contribution in [0.25, 0.3) is 0 Å². The summed E-state index contributed by atoms with van der Waals surface area (Å²) in [5, 5.41) is 0. The lowest BCUT2D eigenvalue weighted by molar-refractivity contribution is -0.140. The Balaban J connectivity index is 2.48. The first-order chi connectivity index (χ1) is 6.13. The fourth-order valence-corrected chi connectivity index (χ4v) is 1.26. The maximum absolute atomic E-state index is 11.1. The van der Waals surface area contributed by atoms with Gasteiger partial charge in [-0.2, -0.15) is 0 Å². The predicted molar refractivity (Wildman–Crippen MR) is 44.1 cm³/mol. The second-order valence-electron chi connectivity index (χ2n) is 2.81. The Labute approximate surface area is 76.6 Å². The lowest BCUT2D eigenvalue weighted by Crippen LogP contribution is -2.20. The highest BCUT2D eigenvalue weighted by atomic mass is 16.6. The zero-order chi connectivity index (χ0) is 10.0. The minimum absolute atomic E-state index is 0.105. The molecule has 0 aromatic rings. The molecule has 2 atom stereocenters. The van der Waals surface area contributed by atoms with Crippen LogP contribution in [0.4, 0.5) is 4.79 Å². The van der Waals surface area contributed by atoms with Gasteiger partial charge in [0.15, 0.2) is 6.04 Å². The second-order valence-corrected chi connectivity index (χ2v) is 2.81. The van der Waals surface area contributed by atoms with Crippen molar-refractivity contribution in [3.8, 4) is 0 Å². The minimum atomic E-state index is -0.455. The van der Waals surface area contributed by atoms with E-state index in [9.17, 15) is 9.59 Å². The molecule has 0 aromatic carbocycles. The van der Waals surface area contributed by atoms with E-state index in [4.69, 9.17) is 4.74 Å². The summed E-state index contributed by atoms with van der Waals surface area (Å²) in [7, 11) is 1.30. The molecule has 1 aliphatic rings. The molecule has 0 saturated carbocycles. The lowest BCUT2D eigenvalue weighted by atomic mass is 10.3. The summed E-state index contributed by atoms with van der Waals surface area (Å²) in [5.74, 6) is -0.388. The van der Waals surface area contributed by atoms with E-state index < -0.39 is 12.1 Å². The van der Waals surface area contributed by atoms with Gasteiger partial charge in [-0.15, -0.1) is 0 Å². The molecule has 1 heterocycles. The van der Waals surface area contributed by atoms with E-state index in [1.807, 2.05) is 0 Å². The van der Waals surface area contributed by atoms with Crippen LogP contribution in [0.1, 0.15) is 13.8 Å². The molecule has 0 spiro atoms. The number of hydrogen-bond acceptors (Lipinski definition) is 4. The smallest absolute Gasteiger partial charge is 0.410 e. The molecule has 0 N–H and O–H groups in total. The molecular formula is C8H13NO4. The summed E-state index contributed by atoms with van der Waals surface area (Å²) in [5.41, 5.74) is 0. The largest absolute Gasteiger partial charge is 0.467 e. The quantitative estimate of drug-likeness (QED) is 0.463. The Morgan fingerprint density at radius 1 is 1.46 bits per heavy atom.